The van der Waals surface area contributed by atoms with E-state index in [1.54, 1.807) is 37.4 Å². The molecule has 0 atom stereocenters. The summed E-state index contributed by atoms with van der Waals surface area (Å²) in [5, 5.41) is 22.9. The summed E-state index contributed by atoms with van der Waals surface area (Å²) in [6, 6.07) is 7.55. The Morgan fingerprint density at radius 2 is 1.97 bits per heavy atom. The second-order valence-corrected chi connectivity index (χ2v) is 9.68. The monoisotopic (exact) mass is 536 g/mol. The summed E-state index contributed by atoms with van der Waals surface area (Å²) in [6.07, 6.45) is -4.79. The quantitative estimate of drug-likeness (QED) is 0.297. The smallest absolute Gasteiger partial charge is 0.417 e. The molecule has 0 bridgehead atoms. The Morgan fingerprint density at radius 1 is 1.26 bits per heavy atom. The number of pyridine rings is 1. The highest BCUT2D eigenvalue weighted by atomic mass is 32.2. The molecule has 1 amide bonds. The van der Waals surface area contributed by atoms with Crippen LogP contribution < -0.4 is 5.32 Å². The molecule has 0 aliphatic heterocycles. The van der Waals surface area contributed by atoms with Crippen molar-refractivity contribution in [3.63, 3.8) is 0 Å². The van der Waals surface area contributed by atoms with Crippen LogP contribution in [0.25, 0.3) is 10.6 Å². The Kier molecular flexibility index (Phi) is 8.17. The third-order valence-corrected chi connectivity index (χ3v) is 7.54. The fourth-order valence-corrected chi connectivity index (χ4v) is 5.49. The molecule has 13 heteroatoms. The number of thioether (sulfide) groups is 1. The SMILES string of the molecule is CCOC(=O)c1sc(NC(=O)CSc2nc(-c3cccs3)cc(C(F)(F)F)c2C#N)c(C#N)c1C. The molecule has 0 radical (unpaired) electrons. The zero-order valence-corrected chi connectivity index (χ0v) is 20.6. The van der Waals surface area contributed by atoms with E-state index in [0.717, 1.165) is 17.4 Å². The number of halogens is 3. The van der Waals surface area contributed by atoms with Gasteiger partial charge < -0.3 is 10.1 Å². The van der Waals surface area contributed by atoms with Gasteiger partial charge in [-0.1, -0.05) is 17.8 Å². The molecule has 7 nitrogen and oxygen atoms in total. The molecule has 3 rings (SSSR count). The van der Waals surface area contributed by atoms with Gasteiger partial charge in [0.05, 0.1) is 39.6 Å². The standard InChI is InChI=1S/C22H15F3N4O3S3/c1-3-32-21(31)18-11(2)12(8-26)20(35-18)29-17(30)10-34-19-13(9-27)14(22(23,24)25)7-15(28-19)16-5-4-6-33-16/h4-7H,3,10H2,1-2H3,(H,29,30). The molecule has 3 aromatic rings. The van der Waals surface area contributed by atoms with Crippen LogP contribution in [0.5, 0.6) is 0 Å². The number of nitrogens with one attached hydrogen (secondary N) is 1. The second kappa shape index (κ2) is 10.9. The van der Waals surface area contributed by atoms with E-state index >= 15 is 0 Å². The van der Waals surface area contributed by atoms with Crippen LogP contribution >= 0.6 is 34.4 Å². The summed E-state index contributed by atoms with van der Waals surface area (Å²) < 4.78 is 45.9. The van der Waals surface area contributed by atoms with E-state index < -0.39 is 29.2 Å². The molecule has 0 unspecified atom stereocenters. The van der Waals surface area contributed by atoms with Crippen LogP contribution in [0.2, 0.25) is 0 Å². The normalized spacial score (nSPS) is 10.9. The lowest BCUT2D eigenvalue weighted by molar-refractivity contribution is -0.138. The molecule has 0 aromatic carbocycles. The number of alkyl halides is 3. The van der Waals surface area contributed by atoms with Crippen molar-refractivity contribution in [2.45, 2.75) is 25.0 Å². The predicted molar refractivity (Wildman–Crippen MR) is 126 cm³/mol. The van der Waals surface area contributed by atoms with Crippen molar-refractivity contribution < 1.29 is 27.5 Å². The molecule has 35 heavy (non-hydrogen) atoms. The lowest BCUT2D eigenvalue weighted by Gasteiger charge is -2.13. The first kappa shape index (κ1) is 26.2. The molecular formula is C22H15F3N4O3S3. The van der Waals surface area contributed by atoms with E-state index in [0.29, 0.717) is 22.2 Å². The number of rotatable bonds is 7. The maximum absolute atomic E-state index is 13.6. The van der Waals surface area contributed by atoms with Gasteiger partial charge in [-0.3, -0.25) is 4.79 Å². The molecule has 0 aliphatic carbocycles. The number of aromatic nitrogens is 1. The number of thiophene rings is 2. The van der Waals surface area contributed by atoms with Gasteiger partial charge in [-0.15, -0.1) is 22.7 Å². The van der Waals surface area contributed by atoms with Crippen molar-refractivity contribution in [3.8, 4) is 22.7 Å². The third kappa shape index (κ3) is 5.82. The number of esters is 1. The topological polar surface area (TPSA) is 116 Å². The van der Waals surface area contributed by atoms with Gasteiger partial charge in [0.25, 0.3) is 0 Å². The molecule has 3 heterocycles. The first-order valence-corrected chi connectivity index (χ1v) is 12.5. The number of carbonyl (C=O) groups excluding carboxylic acids is 2. The lowest BCUT2D eigenvalue weighted by Crippen LogP contribution is -2.15. The van der Waals surface area contributed by atoms with Gasteiger partial charge in [0.15, 0.2) is 0 Å². The maximum Gasteiger partial charge on any atom is 0.417 e. The van der Waals surface area contributed by atoms with Gasteiger partial charge in [0, 0.05) is 0 Å². The Labute approximate surface area is 210 Å². The van der Waals surface area contributed by atoms with Gasteiger partial charge in [-0.05, 0) is 36.9 Å². The van der Waals surface area contributed by atoms with Crippen molar-refractivity contribution in [2.24, 2.45) is 0 Å². The number of nitriles is 2. The van der Waals surface area contributed by atoms with Gasteiger partial charge >= 0.3 is 12.1 Å². The minimum Gasteiger partial charge on any atom is -0.462 e. The van der Waals surface area contributed by atoms with Crippen molar-refractivity contribution in [1.29, 1.82) is 10.5 Å². The zero-order chi connectivity index (χ0) is 25.8. The van der Waals surface area contributed by atoms with Crippen LogP contribution in [0.4, 0.5) is 18.2 Å². The first-order valence-electron chi connectivity index (χ1n) is 9.80. The van der Waals surface area contributed by atoms with Crippen LogP contribution in [0, 0.1) is 29.6 Å². The summed E-state index contributed by atoms with van der Waals surface area (Å²) in [4.78, 5) is 29.5. The maximum atomic E-state index is 13.6. The van der Waals surface area contributed by atoms with Crippen molar-refractivity contribution in [3.05, 3.63) is 50.7 Å². The van der Waals surface area contributed by atoms with Crippen LogP contribution in [-0.4, -0.2) is 29.2 Å². The van der Waals surface area contributed by atoms with E-state index in [4.69, 9.17) is 4.74 Å². The summed E-state index contributed by atoms with van der Waals surface area (Å²) in [6.45, 7) is 3.31. The molecule has 0 saturated carbocycles. The molecule has 0 aliphatic rings. The van der Waals surface area contributed by atoms with Crippen LogP contribution in [0.15, 0.2) is 28.6 Å². The van der Waals surface area contributed by atoms with Crippen molar-refractivity contribution in [1.82, 2.24) is 4.98 Å². The largest absolute Gasteiger partial charge is 0.462 e. The number of amides is 1. The fraction of sp³-hybridized carbons (Fsp3) is 0.227. The van der Waals surface area contributed by atoms with E-state index in [-0.39, 0.29) is 38.5 Å². The summed E-state index contributed by atoms with van der Waals surface area (Å²) >= 11 is 2.73. The molecule has 0 spiro atoms. The zero-order valence-electron chi connectivity index (χ0n) is 18.1. The highest BCUT2D eigenvalue weighted by molar-refractivity contribution is 8.00. The second-order valence-electron chi connectivity index (χ2n) is 6.75. The minimum absolute atomic E-state index is 0.0361. The van der Waals surface area contributed by atoms with E-state index in [2.05, 4.69) is 10.3 Å². The molecule has 180 valence electrons. The van der Waals surface area contributed by atoms with E-state index in [1.807, 2.05) is 6.07 Å². The number of nitrogens with zero attached hydrogens (tertiary/aromatic N) is 3. The fourth-order valence-electron chi connectivity index (χ4n) is 2.93. The van der Waals surface area contributed by atoms with Gasteiger partial charge in [-0.2, -0.15) is 23.7 Å². The van der Waals surface area contributed by atoms with Crippen LogP contribution in [0.3, 0.4) is 0 Å². The summed E-state index contributed by atoms with van der Waals surface area (Å²) in [5.74, 6) is -1.66. The number of anilines is 1. The highest BCUT2D eigenvalue weighted by Gasteiger charge is 2.36. The minimum atomic E-state index is -4.79. The van der Waals surface area contributed by atoms with Gasteiger partial charge in [0.2, 0.25) is 5.91 Å². The number of ether oxygens (including phenoxy) is 1. The first-order chi connectivity index (χ1) is 16.6. The number of carbonyl (C=O) groups is 2. The highest BCUT2D eigenvalue weighted by Crippen LogP contribution is 2.39. The Bertz CT molecular complexity index is 1350. The van der Waals surface area contributed by atoms with E-state index in [9.17, 15) is 33.3 Å². The van der Waals surface area contributed by atoms with Crippen LogP contribution in [0.1, 0.15) is 38.8 Å². The molecule has 3 aromatic heterocycles. The molecular weight excluding hydrogens is 521 g/mol. The third-order valence-electron chi connectivity index (χ3n) is 4.49. The Morgan fingerprint density at radius 3 is 2.54 bits per heavy atom. The van der Waals surface area contributed by atoms with Crippen LogP contribution in [-0.2, 0) is 15.7 Å². The molecule has 1 N–H and O–H groups in total. The van der Waals surface area contributed by atoms with Gasteiger partial charge in [0.1, 0.15) is 27.0 Å². The van der Waals surface area contributed by atoms with Gasteiger partial charge in [-0.25, -0.2) is 9.78 Å². The average Bonchev–Trinajstić information content (AvgIpc) is 3.45. The number of hydrogen-bond acceptors (Lipinski definition) is 9. The molecule has 0 saturated heterocycles. The lowest BCUT2D eigenvalue weighted by atomic mass is 10.1. The number of hydrogen-bond donors (Lipinski definition) is 1. The molecule has 0 fully saturated rings. The summed E-state index contributed by atoms with van der Waals surface area (Å²) in [5.41, 5.74) is -1.34. The Hall–Kier alpha value is -3.39. The van der Waals surface area contributed by atoms with Crippen molar-refractivity contribution in [2.75, 3.05) is 17.7 Å². The van der Waals surface area contributed by atoms with Crippen molar-refractivity contribution >= 4 is 51.3 Å². The average molecular weight is 537 g/mol. The summed E-state index contributed by atoms with van der Waals surface area (Å²) in [7, 11) is 0. The predicted octanol–water partition coefficient (Wildman–Crippen LogP) is 5.85. The Balaban J connectivity index is 1.87. The van der Waals surface area contributed by atoms with E-state index in [1.165, 1.54) is 11.3 Å².